The average molecular weight is 255 g/mol. The van der Waals surface area contributed by atoms with Crippen molar-refractivity contribution in [1.29, 1.82) is 0 Å². The molecule has 5 nitrogen and oxygen atoms in total. The Balaban J connectivity index is 2.46. The van der Waals surface area contributed by atoms with Gasteiger partial charge in [0, 0.05) is 26.0 Å². The van der Waals surface area contributed by atoms with Gasteiger partial charge >= 0.3 is 5.97 Å². The highest BCUT2D eigenvalue weighted by atomic mass is 16.7. The van der Waals surface area contributed by atoms with Crippen LogP contribution in [-0.2, 0) is 23.7 Å². The molecule has 0 aromatic carbocycles. The van der Waals surface area contributed by atoms with Gasteiger partial charge in [-0.05, 0) is 12.5 Å². The highest BCUT2D eigenvalue weighted by Crippen LogP contribution is 2.25. The number of hydrogen-bond acceptors (Lipinski definition) is 5. The molecule has 18 heavy (non-hydrogen) atoms. The summed E-state index contributed by atoms with van der Waals surface area (Å²) in [5.41, 5.74) is 0. The summed E-state index contributed by atoms with van der Waals surface area (Å²) >= 11 is 0. The van der Waals surface area contributed by atoms with Crippen molar-refractivity contribution in [2.24, 2.45) is 0 Å². The fourth-order valence-electron chi connectivity index (χ4n) is 1.52. The summed E-state index contributed by atoms with van der Waals surface area (Å²) in [6.45, 7) is 0.390. The average Bonchev–Trinajstić information content (AvgIpc) is 2.43. The monoisotopic (exact) mass is 255 g/mol. The van der Waals surface area contributed by atoms with E-state index in [1.807, 2.05) is 12.5 Å². The first-order valence-corrected chi connectivity index (χ1v) is 5.71. The summed E-state index contributed by atoms with van der Waals surface area (Å²) < 4.78 is 20.7. The first-order valence-electron chi connectivity index (χ1n) is 5.71. The molecule has 0 saturated carbocycles. The minimum Gasteiger partial charge on any atom is -0.501 e. The van der Waals surface area contributed by atoms with Gasteiger partial charge < -0.3 is 18.9 Å². The van der Waals surface area contributed by atoms with Crippen molar-refractivity contribution in [1.82, 2.24) is 0 Å². The van der Waals surface area contributed by atoms with Crippen LogP contribution in [0.1, 0.15) is 12.8 Å². The number of rotatable bonds is 7. The van der Waals surface area contributed by atoms with Gasteiger partial charge in [-0.25, -0.2) is 0 Å². The number of esters is 1. The minimum absolute atomic E-state index is 0.245. The Morgan fingerprint density at radius 1 is 1.33 bits per heavy atom. The summed E-state index contributed by atoms with van der Waals surface area (Å²) in [6, 6.07) is 0. The van der Waals surface area contributed by atoms with Crippen molar-refractivity contribution in [3.8, 4) is 0 Å². The van der Waals surface area contributed by atoms with E-state index in [-0.39, 0.29) is 5.97 Å². The fraction of sp³-hybridized carbons (Fsp3) is 0.538. The van der Waals surface area contributed by atoms with Crippen LogP contribution in [0.2, 0.25) is 0 Å². The van der Waals surface area contributed by atoms with Crippen LogP contribution in [0.3, 0.4) is 0 Å². The van der Waals surface area contributed by atoms with Crippen molar-refractivity contribution in [2.45, 2.75) is 18.6 Å². The third-order valence-electron chi connectivity index (χ3n) is 2.57. The van der Waals surface area contributed by atoms with Crippen LogP contribution >= 0.6 is 0 Å². The standard InChI is InChI=1S/C13H19O5/c1-15-11-6-4-8-13(10-11,17-3)18-9-5-7-12(14)16-2/h4,6,8,10H,5,7,9H2,1-3H3. The first-order chi connectivity index (χ1) is 8.65. The number of methoxy groups -OCH3 is 3. The van der Waals surface area contributed by atoms with Crippen LogP contribution in [0.25, 0.3) is 0 Å². The Morgan fingerprint density at radius 2 is 2.11 bits per heavy atom. The lowest BCUT2D eigenvalue weighted by atomic mass is 10.1. The van der Waals surface area contributed by atoms with Crippen molar-refractivity contribution in [3.05, 3.63) is 30.4 Å². The van der Waals surface area contributed by atoms with Gasteiger partial charge in [-0.15, -0.1) is 0 Å². The van der Waals surface area contributed by atoms with Crippen molar-refractivity contribution in [3.63, 3.8) is 0 Å². The summed E-state index contributed by atoms with van der Waals surface area (Å²) in [5.74, 6) is -0.492. The SMILES string of the molecule is COC(=O)CCCOC1(OC)C=C[CH]C(OC)=C1. The van der Waals surface area contributed by atoms with Crippen LogP contribution in [0, 0.1) is 6.42 Å². The first kappa shape index (κ1) is 14.7. The molecule has 1 rings (SSSR count). The molecule has 0 bridgehead atoms. The number of carbonyl (C=O) groups is 1. The molecule has 0 saturated heterocycles. The van der Waals surface area contributed by atoms with Gasteiger partial charge in [-0.3, -0.25) is 4.79 Å². The summed E-state index contributed by atoms with van der Waals surface area (Å²) in [7, 11) is 4.51. The van der Waals surface area contributed by atoms with Crippen LogP contribution in [0.5, 0.6) is 0 Å². The second kappa shape index (κ2) is 7.18. The largest absolute Gasteiger partial charge is 0.501 e. The molecule has 0 fully saturated rings. The second-order valence-electron chi connectivity index (χ2n) is 3.73. The maximum atomic E-state index is 11.0. The molecule has 0 aliphatic heterocycles. The van der Waals surface area contributed by atoms with E-state index in [4.69, 9.17) is 14.2 Å². The van der Waals surface area contributed by atoms with Gasteiger partial charge in [-0.1, -0.05) is 6.08 Å². The number of ether oxygens (including phenoxy) is 4. The van der Waals surface area contributed by atoms with Gasteiger partial charge in [0.15, 0.2) is 0 Å². The molecule has 0 N–H and O–H groups in total. The van der Waals surface area contributed by atoms with Gasteiger partial charge in [-0.2, -0.15) is 0 Å². The van der Waals surface area contributed by atoms with Gasteiger partial charge in [0.05, 0.1) is 20.8 Å². The van der Waals surface area contributed by atoms with Gasteiger partial charge in [0.1, 0.15) is 5.76 Å². The molecular formula is C13H19O5. The normalized spacial score (nSPS) is 22.5. The lowest BCUT2D eigenvalue weighted by Gasteiger charge is -2.29. The van der Waals surface area contributed by atoms with E-state index in [1.165, 1.54) is 7.11 Å². The molecule has 0 aromatic rings. The minimum atomic E-state index is -0.920. The summed E-state index contributed by atoms with van der Waals surface area (Å²) in [6.07, 6.45) is 8.05. The predicted molar refractivity (Wildman–Crippen MR) is 65.5 cm³/mol. The molecule has 1 aliphatic carbocycles. The number of allylic oxidation sites excluding steroid dienone is 1. The van der Waals surface area contributed by atoms with Gasteiger partial charge in [0.2, 0.25) is 5.79 Å². The smallest absolute Gasteiger partial charge is 0.305 e. The summed E-state index contributed by atoms with van der Waals surface area (Å²) in [5, 5.41) is 0. The van der Waals surface area contributed by atoms with E-state index < -0.39 is 5.79 Å². The lowest BCUT2D eigenvalue weighted by Crippen LogP contribution is -2.33. The second-order valence-corrected chi connectivity index (χ2v) is 3.73. The maximum Gasteiger partial charge on any atom is 0.305 e. The van der Waals surface area contributed by atoms with Crippen molar-refractivity contribution >= 4 is 5.97 Å². The molecule has 5 heteroatoms. The van der Waals surface area contributed by atoms with Crippen LogP contribution in [-0.4, -0.2) is 39.7 Å². The van der Waals surface area contributed by atoms with Crippen LogP contribution in [0.15, 0.2) is 24.0 Å². The van der Waals surface area contributed by atoms with E-state index in [0.29, 0.717) is 25.2 Å². The maximum absolute atomic E-state index is 11.0. The quantitative estimate of drug-likeness (QED) is 0.393. The molecule has 1 aliphatic rings. The zero-order valence-electron chi connectivity index (χ0n) is 11.0. The van der Waals surface area contributed by atoms with Crippen molar-refractivity contribution < 1.29 is 23.7 Å². The molecular weight excluding hydrogens is 236 g/mol. The highest BCUT2D eigenvalue weighted by Gasteiger charge is 2.28. The topological polar surface area (TPSA) is 54.0 Å². The summed E-state index contributed by atoms with van der Waals surface area (Å²) in [4.78, 5) is 11.0. The molecule has 1 atom stereocenters. The Morgan fingerprint density at radius 3 is 2.72 bits per heavy atom. The molecule has 0 amide bonds. The third-order valence-corrected chi connectivity index (χ3v) is 2.57. The Labute approximate surface area is 107 Å². The Bertz CT molecular complexity index is 334. The van der Waals surface area contributed by atoms with Crippen molar-refractivity contribution in [2.75, 3.05) is 27.9 Å². The van der Waals surface area contributed by atoms with E-state index in [0.717, 1.165) is 0 Å². The number of hydrogen-bond donors (Lipinski definition) is 0. The molecule has 0 aromatic heterocycles. The predicted octanol–water partition coefficient (Wildman–Crippen LogP) is 1.60. The van der Waals surface area contributed by atoms with E-state index in [1.54, 1.807) is 26.4 Å². The van der Waals surface area contributed by atoms with Crippen LogP contribution < -0.4 is 0 Å². The Hall–Kier alpha value is -1.33. The fourth-order valence-corrected chi connectivity index (χ4v) is 1.52. The van der Waals surface area contributed by atoms with E-state index in [2.05, 4.69) is 4.74 Å². The lowest BCUT2D eigenvalue weighted by molar-refractivity contribution is -0.159. The molecule has 1 unspecified atom stereocenters. The van der Waals surface area contributed by atoms with E-state index >= 15 is 0 Å². The van der Waals surface area contributed by atoms with E-state index in [9.17, 15) is 4.79 Å². The molecule has 1 radical (unpaired) electrons. The molecule has 101 valence electrons. The van der Waals surface area contributed by atoms with Gasteiger partial charge in [0.25, 0.3) is 0 Å². The Kier molecular flexibility index (Phi) is 5.88. The zero-order valence-corrected chi connectivity index (χ0v) is 11.0. The van der Waals surface area contributed by atoms with Crippen LogP contribution in [0.4, 0.5) is 0 Å². The zero-order chi connectivity index (χ0) is 13.4. The molecule has 0 heterocycles. The highest BCUT2D eigenvalue weighted by molar-refractivity contribution is 5.68. The third kappa shape index (κ3) is 4.16. The molecule has 0 spiro atoms. The number of carbonyl (C=O) groups excluding carboxylic acids is 1.